The summed E-state index contributed by atoms with van der Waals surface area (Å²) in [5.74, 6) is 3.37. The highest BCUT2D eigenvalue weighted by molar-refractivity contribution is 7.99. The van der Waals surface area contributed by atoms with Crippen LogP contribution in [-0.4, -0.2) is 49.6 Å². The van der Waals surface area contributed by atoms with Gasteiger partial charge >= 0.3 is 0 Å². The number of carbonyl (C=O) groups is 1. The van der Waals surface area contributed by atoms with Gasteiger partial charge in [-0.2, -0.15) is 11.8 Å². The molecule has 1 amide bonds. The van der Waals surface area contributed by atoms with Crippen molar-refractivity contribution in [3.05, 3.63) is 0 Å². The lowest BCUT2D eigenvalue weighted by atomic mass is 10.2. The van der Waals surface area contributed by atoms with E-state index in [0.717, 1.165) is 11.7 Å². The summed E-state index contributed by atoms with van der Waals surface area (Å²) in [4.78, 5) is 15.6. The van der Waals surface area contributed by atoms with Gasteiger partial charge in [0.2, 0.25) is 5.91 Å². The second-order valence-electron chi connectivity index (χ2n) is 5.00. The number of guanidine groups is 1. The van der Waals surface area contributed by atoms with E-state index < -0.39 is 0 Å². The molecule has 1 fully saturated rings. The summed E-state index contributed by atoms with van der Waals surface area (Å²) in [6.07, 6.45) is 2.47. The second kappa shape index (κ2) is 9.07. The first-order valence-electron chi connectivity index (χ1n) is 6.96. The van der Waals surface area contributed by atoms with Gasteiger partial charge in [0.25, 0.3) is 0 Å². The summed E-state index contributed by atoms with van der Waals surface area (Å²) in [6.45, 7) is 5.10. The van der Waals surface area contributed by atoms with Gasteiger partial charge in [0, 0.05) is 37.8 Å². The van der Waals surface area contributed by atoms with E-state index >= 15 is 0 Å². The first-order valence-corrected chi connectivity index (χ1v) is 8.11. The van der Waals surface area contributed by atoms with Crippen molar-refractivity contribution in [1.82, 2.24) is 16.0 Å². The zero-order valence-corrected chi connectivity index (χ0v) is 13.0. The molecule has 5 nitrogen and oxygen atoms in total. The predicted molar refractivity (Wildman–Crippen MR) is 82.7 cm³/mol. The maximum Gasteiger partial charge on any atom is 0.222 e. The number of nitrogens with zero attached hydrogens (tertiary/aromatic N) is 1. The standard InChI is InChI=1S/C13H26N4OS/c1-10(2)12(18)15-6-7-16-13(14-3)17-11-5-4-8-19-9-11/h10-11H,4-9H2,1-3H3,(H,15,18)(H2,14,16,17). The zero-order chi connectivity index (χ0) is 14.1. The molecule has 0 saturated carbocycles. The SMILES string of the molecule is CN=C(NCCNC(=O)C(C)C)NC1CCCSC1. The Bertz CT molecular complexity index is 301. The van der Waals surface area contributed by atoms with E-state index in [1.807, 2.05) is 25.6 Å². The Morgan fingerprint density at radius 3 is 2.68 bits per heavy atom. The van der Waals surface area contributed by atoms with Gasteiger partial charge in [0.1, 0.15) is 0 Å². The van der Waals surface area contributed by atoms with Crippen molar-refractivity contribution in [2.45, 2.75) is 32.7 Å². The van der Waals surface area contributed by atoms with Crippen LogP contribution in [0, 0.1) is 5.92 Å². The smallest absolute Gasteiger partial charge is 0.222 e. The molecule has 1 atom stereocenters. The van der Waals surface area contributed by atoms with E-state index in [0.29, 0.717) is 19.1 Å². The third kappa shape index (κ3) is 6.71. The van der Waals surface area contributed by atoms with E-state index in [2.05, 4.69) is 20.9 Å². The Labute approximate surface area is 120 Å². The van der Waals surface area contributed by atoms with Crippen molar-refractivity contribution in [2.24, 2.45) is 10.9 Å². The highest BCUT2D eigenvalue weighted by atomic mass is 32.2. The van der Waals surface area contributed by atoms with E-state index in [-0.39, 0.29) is 11.8 Å². The van der Waals surface area contributed by atoms with Crippen LogP contribution in [0.2, 0.25) is 0 Å². The third-order valence-corrected chi connectivity index (χ3v) is 4.18. The van der Waals surface area contributed by atoms with Crippen molar-refractivity contribution < 1.29 is 4.79 Å². The zero-order valence-electron chi connectivity index (χ0n) is 12.2. The lowest BCUT2D eigenvalue weighted by Crippen LogP contribution is -2.47. The van der Waals surface area contributed by atoms with E-state index in [1.165, 1.54) is 18.6 Å². The minimum atomic E-state index is 0.0386. The molecule has 0 aromatic rings. The quantitative estimate of drug-likeness (QED) is 0.398. The van der Waals surface area contributed by atoms with Crippen molar-refractivity contribution in [2.75, 3.05) is 31.6 Å². The number of hydrogen-bond donors (Lipinski definition) is 3. The molecule has 0 aliphatic carbocycles. The lowest BCUT2D eigenvalue weighted by molar-refractivity contribution is -0.123. The molecule has 1 unspecified atom stereocenters. The molecule has 6 heteroatoms. The number of rotatable bonds is 5. The highest BCUT2D eigenvalue weighted by Crippen LogP contribution is 2.16. The van der Waals surface area contributed by atoms with Crippen LogP contribution < -0.4 is 16.0 Å². The summed E-state index contributed by atoms with van der Waals surface area (Å²) in [6, 6.07) is 0.509. The number of carbonyl (C=O) groups excluding carboxylic acids is 1. The molecule has 0 aromatic carbocycles. The first kappa shape index (κ1) is 16.1. The van der Waals surface area contributed by atoms with Crippen LogP contribution in [0.15, 0.2) is 4.99 Å². The number of amides is 1. The fourth-order valence-corrected chi connectivity index (χ4v) is 2.89. The summed E-state index contributed by atoms with van der Waals surface area (Å²) in [7, 11) is 1.78. The van der Waals surface area contributed by atoms with E-state index in [9.17, 15) is 4.79 Å². The average Bonchev–Trinajstić information content (AvgIpc) is 2.42. The van der Waals surface area contributed by atoms with Gasteiger partial charge in [-0.3, -0.25) is 9.79 Å². The van der Waals surface area contributed by atoms with Gasteiger partial charge in [-0.15, -0.1) is 0 Å². The van der Waals surface area contributed by atoms with Crippen LogP contribution in [0.4, 0.5) is 0 Å². The Hall–Kier alpha value is -0.910. The molecule has 0 bridgehead atoms. The Morgan fingerprint density at radius 2 is 2.11 bits per heavy atom. The largest absolute Gasteiger partial charge is 0.355 e. The maximum absolute atomic E-state index is 11.4. The van der Waals surface area contributed by atoms with Crippen molar-refractivity contribution in [3.63, 3.8) is 0 Å². The fourth-order valence-electron chi connectivity index (χ4n) is 1.81. The van der Waals surface area contributed by atoms with Gasteiger partial charge in [-0.1, -0.05) is 13.8 Å². The molecular formula is C13H26N4OS. The topological polar surface area (TPSA) is 65.5 Å². The molecule has 3 N–H and O–H groups in total. The molecule has 0 radical (unpaired) electrons. The molecule has 1 saturated heterocycles. The molecule has 1 aliphatic rings. The van der Waals surface area contributed by atoms with Gasteiger partial charge in [0.15, 0.2) is 5.96 Å². The molecule has 0 aromatic heterocycles. The van der Waals surface area contributed by atoms with Crippen molar-refractivity contribution in [3.8, 4) is 0 Å². The molecule has 19 heavy (non-hydrogen) atoms. The van der Waals surface area contributed by atoms with Crippen LogP contribution in [-0.2, 0) is 4.79 Å². The van der Waals surface area contributed by atoms with Crippen LogP contribution in [0.1, 0.15) is 26.7 Å². The van der Waals surface area contributed by atoms with E-state index in [4.69, 9.17) is 0 Å². The van der Waals surface area contributed by atoms with E-state index in [1.54, 1.807) is 7.05 Å². The molecular weight excluding hydrogens is 260 g/mol. The summed E-state index contributed by atoms with van der Waals surface area (Å²) in [5.41, 5.74) is 0. The third-order valence-electron chi connectivity index (χ3n) is 2.97. The summed E-state index contributed by atoms with van der Waals surface area (Å²) in [5, 5.41) is 9.52. The first-order chi connectivity index (χ1) is 9.13. The van der Waals surface area contributed by atoms with Crippen LogP contribution in [0.3, 0.4) is 0 Å². The van der Waals surface area contributed by atoms with Gasteiger partial charge in [-0.25, -0.2) is 0 Å². The fraction of sp³-hybridized carbons (Fsp3) is 0.846. The molecule has 1 aliphatic heterocycles. The van der Waals surface area contributed by atoms with Crippen molar-refractivity contribution >= 4 is 23.6 Å². The van der Waals surface area contributed by atoms with Crippen molar-refractivity contribution in [1.29, 1.82) is 0 Å². The van der Waals surface area contributed by atoms with Crippen LogP contribution >= 0.6 is 11.8 Å². The summed E-state index contributed by atoms with van der Waals surface area (Å²) >= 11 is 1.99. The van der Waals surface area contributed by atoms with Gasteiger partial charge in [0.05, 0.1) is 0 Å². The monoisotopic (exact) mass is 286 g/mol. The van der Waals surface area contributed by atoms with Gasteiger partial charge in [-0.05, 0) is 18.6 Å². The Balaban J connectivity index is 2.16. The molecule has 1 rings (SSSR count). The van der Waals surface area contributed by atoms with Gasteiger partial charge < -0.3 is 16.0 Å². The molecule has 110 valence electrons. The maximum atomic E-state index is 11.4. The number of aliphatic imine (C=N–C) groups is 1. The number of hydrogen-bond acceptors (Lipinski definition) is 3. The lowest BCUT2D eigenvalue weighted by Gasteiger charge is -2.24. The Kier molecular flexibility index (Phi) is 7.70. The molecule has 1 heterocycles. The highest BCUT2D eigenvalue weighted by Gasteiger charge is 2.14. The summed E-state index contributed by atoms with van der Waals surface area (Å²) < 4.78 is 0. The number of nitrogens with one attached hydrogen (secondary N) is 3. The minimum absolute atomic E-state index is 0.0386. The minimum Gasteiger partial charge on any atom is -0.355 e. The van der Waals surface area contributed by atoms with Crippen LogP contribution in [0.25, 0.3) is 0 Å². The number of thioether (sulfide) groups is 1. The predicted octanol–water partition coefficient (Wildman–Crippen LogP) is 0.819. The normalized spacial score (nSPS) is 20.2. The second-order valence-corrected chi connectivity index (χ2v) is 6.15. The molecule has 0 spiro atoms. The average molecular weight is 286 g/mol. The Morgan fingerprint density at radius 1 is 1.37 bits per heavy atom. The van der Waals surface area contributed by atoms with Crippen LogP contribution in [0.5, 0.6) is 0 Å².